The third-order valence-corrected chi connectivity index (χ3v) is 3.14. The minimum absolute atomic E-state index is 0.354. The van der Waals surface area contributed by atoms with Gasteiger partial charge in [0.2, 0.25) is 0 Å². The zero-order valence-corrected chi connectivity index (χ0v) is 12.5. The van der Waals surface area contributed by atoms with Crippen LogP contribution in [-0.2, 0) is 12.4 Å². The predicted octanol–water partition coefficient (Wildman–Crippen LogP) is 4.64. The number of benzene rings is 2. The van der Waals surface area contributed by atoms with Crippen molar-refractivity contribution in [3.8, 4) is 5.75 Å². The molecule has 1 N–H and O–H groups in total. The lowest BCUT2D eigenvalue weighted by Crippen LogP contribution is -2.13. The molecule has 2 aromatic carbocycles. The minimum atomic E-state index is -4.89. The summed E-state index contributed by atoms with van der Waals surface area (Å²) in [6, 6.07) is 4.25. The van der Waals surface area contributed by atoms with Crippen molar-refractivity contribution in [2.45, 2.75) is 12.4 Å². The SMILES string of the molecule is O=C(O)c1cc(OC(=O)c2ccc(C(F)(F)F)cc2)cc(C(F)(F)F)c1. The predicted molar refractivity (Wildman–Crippen MR) is 74.8 cm³/mol. The van der Waals surface area contributed by atoms with Crippen molar-refractivity contribution < 1.29 is 45.8 Å². The lowest BCUT2D eigenvalue weighted by atomic mass is 10.1. The largest absolute Gasteiger partial charge is 0.478 e. The van der Waals surface area contributed by atoms with Crippen LogP contribution in [0.15, 0.2) is 42.5 Å². The second-order valence-corrected chi connectivity index (χ2v) is 5.01. The highest BCUT2D eigenvalue weighted by molar-refractivity contribution is 5.92. The first-order valence-electron chi connectivity index (χ1n) is 6.73. The van der Waals surface area contributed by atoms with E-state index in [0.717, 1.165) is 12.1 Å². The highest BCUT2D eigenvalue weighted by Gasteiger charge is 2.33. The summed E-state index contributed by atoms with van der Waals surface area (Å²) in [5, 5.41) is 8.84. The number of rotatable bonds is 3. The summed E-state index contributed by atoms with van der Waals surface area (Å²) in [6.07, 6.45) is -9.51. The van der Waals surface area contributed by atoms with Crippen LogP contribution >= 0.6 is 0 Å². The van der Waals surface area contributed by atoms with Crippen molar-refractivity contribution >= 4 is 11.9 Å². The fraction of sp³-hybridized carbons (Fsp3) is 0.125. The fourth-order valence-electron chi connectivity index (χ4n) is 1.91. The Kier molecular flexibility index (Phi) is 4.97. The number of alkyl halides is 6. The van der Waals surface area contributed by atoms with E-state index in [0.29, 0.717) is 30.3 Å². The number of esters is 1. The molecular weight excluding hydrogens is 370 g/mol. The molecule has 10 heteroatoms. The second-order valence-electron chi connectivity index (χ2n) is 5.01. The molecule has 0 aliphatic carbocycles. The molecule has 0 aliphatic rings. The van der Waals surface area contributed by atoms with Gasteiger partial charge in [-0.2, -0.15) is 26.3 Å². The zero-order chi connectivity index (χ0) is 19.7. The molecule has 138 valence electrons. The van der Waals surface area contributed by atoms with Gasteiger partial charge in [-0.3, -0.25) is 0 Å². The third kappa shape index (κ3) is 4.52. The van der Waals surface area contributed by atoms with Crippen molar-refractivity contribution in [1.82, 2.24) is 0 Å². The summed E-state index contributed by atoms with van der Waals surface area (Å²) in [4.78, 5) is 22.8. The third-order valence-electron chi connectivity index (χ3n) is 3.14. The molecule has 4 nitrogen and oxygen atoms in total. The Morgan fingerprint density at radius 2 is 1.31 bits per heavy atom. The summed E-state index contributed by atoms with van der Waals surface area (Å²) in [6.45, 7) is 0. The van der Waals surface area contributed by atoms with Gasteiger partial charge in [0.25, 0.3) is 0 Å². The Labute approximate surface area is 141 Å². The average Bonchev–Trinajstić information content (AvgIpc) is 2.53. The molecule has 0 radical (unpaired) electrons. The van der Waals surface area contributed by atoms with Crippen molar-refractivity contribution in [1.29, 1.82) is 0 Å². The lowest BCUT2D eigenvalue weighted by molar-refractivity contribution is -0.138. The first kappa shape index (κ1) is 19.3. The molecule has 2 aromatic rings. The Hall–Kier alpha value is -3.04. The standard InChI is InChI=1S/C16H8F6O4/c17-15(18,19)10-3-1-8(2-4-10)14(25)26-12-6-9(13(23)24)5-11(7-12)16(20,21)22/h1-7H,(H,23,24). The van der Waals surface area contributed by atoms with Crippen molar-refractivity contribution in [2.24, 2.45) is 0 Å². The van der Waals surface area contributed by atoms with E-state index in [4.69, 9.17) is 5.11 Å². The Morgan fingerprint density at radius 1 is 0.769 bits per heavy atom. The molecule has 26 heavy (non-hydrogen) atoms. The van der Waals surface area contributed by atoms with E-state index in [1.54, 1.807) is 0 Å². The lowest BCUT2D eigenvalue weighted by Gasteiger charge is -2.11. The monoisotopic (exact) mass is 378 g/mol. The van der Waals surface area contributed by atoms with Gasteiger partial charge in [0.1, 0.15) is 5.75 Å². The summed E-state index contributed by atoms with van der Waals surface area (Å²) in [7, 11) is 0. The van der Waals surface area contributed by atoms with Gasteiger partial charge in [-0.15, -0.1) is 0 Å². The first-order valence-corrected chi connectivity index (χ1v) is 6.73. The molecule has 0 aliphatic heterocycles. The molecule has 0 spiro atoms. The van der Waals surface area contributed by atoms with Gasteiger partial charge in [0.05, 0.1) is 22.3 Å². The summed E-state index contributed by atoms with van der Waals surface area (Å²) >= 11 is 0. The maximum absolute atomic E-state index is 12.8. The van der Waals surface area contributed by atoms with Crippen LogP contribution in [-0.4, -0.2) is 17.0 Å². The van der Waals surface area contributed by atoms with Gasteiger partial charge in [-0.1, -0.05) is 0 Å². The van der Waals surface area contributed by atoms with Crippen molar-refractivity contribution in [3.05, 3.63) is 64.7 Å². The van der Waals surface area contributed by atoms with E-state index in [2.05, 4.69) is 4.74 Å². The van der Waals surface area contributed by atoms with Crippen molar-refractivity contribution in [3.63, 3.8) is 0 Å². The molecule has 2 rings (SSSR count). The summed E-state index contributed by atoms with van der Waals surface area (Å²) in [5.74, 6) is -3.63. The number of hydrogen-bond donors (Lipinski definition) is 1. The quantitative estimate of drug-likeness (QED) is 0.480. The van der Waals surface area contributed by atoms with Crippen LogP contribution in [0.1, 0.15) is 31.8 Å². The molecule has 0 heterocycles. The van der Waals surface area contributed by atoms with Crippen LogP contribution in [0.2, 0.25) is 0 Å². The summed E-state index contributed by atoms with van der Waals surface area (Å²) < 4.78 is 80.4. The number of carbonyl (C=O) groups is 2. The number of carboxylic acids is 1. The highest BCUT2D eigenvalue weighted by Crippen LogP contribution is 2.33. The van der Waals surface area contributed by atoms with Gasteiger partial charge >= 0.3 is 24.3 Å². The maximum Gasteiger partial charge on any atom is 0.416 e. The Bertz CT molecular complexity index is 837. The molecule has 0 unspecified atom stereocenters. The fourth-order valence-corrected chi connectivity index (χ4v) is 1.91. The molecule has 0 fully saturated rings. The minimum Gasteiger partial charge on any atom is -0.478 e. The van der Waals surface area contributed by atoms with Crippen LogP contribution in [0.25, 0.3) is 0 Å². The van der Waals surface area contributed by atoms with E-state index in [1.165, 1.54) is 0 Å². The molecule has 0 atom stereocenters. The van der Waals surface area contributed by atoms with Crippen LogP contribution in [0.3, 0.4) is 0 Å². The average molecular weight is 378 g/mol. The topological polar surface area (TPSA) is 63.6 Å². The number of carbonyl (C=O) groups excluding carboxylic acids is 1. The number of hydrogen-bond acceptors (Lipinski definition) is 3. The van der Waals surface area contributed by atoms with E-state index in [1.807, 2.05) is 0 Å². The molecule has 0 saturated carbocycles. The smallest absolute Gasteiger partial charge is 0.416 e. The van der Waals surface area contributed by atoms with Gasteiger partial charge in [0.15, 0.2) is 0 Å². The second kappa shape index (κ2) is 6.70. The maximum atomic E-state index is 12.8. The van der Waals surface area contributed by atoms with Crippen LogP contribution < -0.4 is 4.74 Å². The van der Waals surface area contributed by atoms with Crippen LogP contribution in [0, 0.1) is 0 Å². The van der Waals surface area contributed by atoms with Gasteiger partial charge in [-0.25, -0.2) is 9.59 Å². The van der Waals surface area contributed by atoms with Crippen LogP contribution in [0.4, 0.5) is 26.3 Å². The van der Waals surface area contributed by atoms with Crippen LogP contribution in [0.5, 0.6) is 5.75 Å². The van der Waals surface area contributed by atoms with Gasteiger partial charge in [0, 0.05) is 0 Å². The van der Waals surface area contributed by atoms with E-state index >= 15 is 0 Å². The Morgan fingerprint density at radius 3 is 1.77 bits per heavy atom. The number of aromatic carboxylic acids is 1. The molecule has 0 aromatic heterocycles. The highest BCUT2D eigenvalue weighted by atomic mass is 19.4. The zero-order valence-electron chi connectivity index (χ0n) is 12.5. The number of carboxylic acid groups (broad SMARTS) is 1. The van der Waals surface area contributed by atoms with Gasteiger partial charge < -0.3 is 9.84 Å². The molecule has 0 saturated heterocycles. The first-order chi connectivity index (χ1) is 11.9. The Balaban J connectivity index is 2.31. The number of ether oxygens (including phenoxy) is 1. The van der Waals surface area contributed by atoms with E-state index in [9.17, 15) is 35.9 Å². The normalized spacial score (nSPS) is 11.9. The molecule has 0 bridgehead atoms. The van der Waals surface area contributed by atoms with Gasteiger partial charge in [-0.05, 0) is 42.5 Å². The number of halogens is 6. The molecular formula is C16H8F6O4. The van der Waals surface area contributed by atoms with E-state index in [-0.39, 0.29) is 5.56 Å². The van der Waals surface area contributed by atoms with E-state index < -0.39 is 46.7 Å². The molecule has 0 amide bonds. The van der Waals surface area contributed by atoms with Crippen molar-refractivity contribution in [2.75, 3.05) is 0 Å². The summed E-state index contributed by atoms with van der Waals surface area (Å²) in [5.41, 5.74) is -3.50.